The Morgan fingerprint density at radius 1 is 1.13 bits per heavy atom. The van der Waals surface area contributed by atoms with E-state index in [1.165, 1.54) is 36.9 Å². The van der Waals surface area contributed by atoms with Crippen LogP contribution in [-0.4, -0.2) is 63.7 Å². The smallest absolute Gasteiger partial charge is 0.271 e. The first-order valence-electron chi connectivity index (χ1n) is 9.15. The van der Waals surface area contributed by atoms with Crippen molar-refractivity contribution in [1.82, 2.24) is 8.87 Å². The van der Waals surface area contributed by atoms with Gasteiger partial charge in [-0.25, -0.2) is 8.42 Å². The van der Waals surface area contributed by atoms with Crippen LogP contribution >= 0.6 is 0 Å². The number of amides is 1. The summed E-state index contributed by atoms with van der Waals surface area (Å²) in [6, 6.07) is 7.52. The number of benzene rings is 1. The number of anilines is 1. The van der Waals surface area contributed by atoms with Gasteiger partial charge in [0.05, 0.1) is 27.4 Å². The van der Waals surface area contributed by atoms with Crippen molar-refractivity contribution >= 4 is 21.6 Å². The lowest BCUT2D eigenvalue weighted by Crippen LogP contribution is -2.43. The Balaban J connectivity index is 1.80. The second-order valence-electron chi connectivity index (χ2n) is 6.47. The predicted molar refractivity (Wildman–Crippen MR) is 108 cm³/mol. The lowest BCUT2D eigenvalue weighted by Gasteiger charge is -2.25. The Kier molecular flexibility index (Phi) is 6.75. The third-order valence-corrected chi connectivity index (χ3v) is 6.43. The minimum atomic E-state index is -3.97. The number of carbonyl (C=O) groups excluding carboxylic acids is 1. The van der Waals surface area contributed by atoms with E-state index >= 15 is 0 Å². The van der Waals surface area contributed by atoms with Crippen LogP contribution in [-0.2, 0) is 26.1 Å². The van der Waals surface area contributed by atoms with Crippen molar-refractivity contribution in [2.75, 3.05) is 45.8 Å². The Bertz CT molecular complexity index is 1050. The Morgan fingerprint density at radius 3 is 2.37 bits per heavy atom. The van der Waals surface area contributed by atoms with Gasteiger partial charge < -0.3 is 24.1 Å². The maximum absolute atomic E-state index is 12.8. The molecule has 1 N–H and O–H groups in total. The molecule has 2 heterocycles. The summed E-state index contributed by atoms with van der Waals surface area (Å²) in [7, 11) is -1.000. The molecular weight excluding hydrogens is 414 g/mol. The fourth-order valence-corrected chi connectivity index (χ4v) is 4.49. The molecule has 1 aliphatic heterocycles. The van der Waals surface area contributed by atoms with E-state index in [1.54, 1.807) is 18.2 Å². The Hall–Kier alpha value is -2.89. The number of carbonyl (C=O) groups is 1. The first-order valence-corrected chi connectivity index (χ1v) is 10.6. The molecule has 3 rings (SSSR count). The molecule has 1 aliphatic rings. The molecule has 1 fully saturated rings. The van der Waals surface area contributed by atoms with E-state index in [9.17, 15) is 18.0 Å². The van der Waals surface area contributed by atoms with Crippen molar-refractivity contribution in [3.63, 3.8) is 0 Å². The molecule has 0 bridgehead atoms. The van der Waals surface area contributed by atoms with E-state index in [1.807, 2.05) is 0 Å². The van der Waals surface area contributed by atoms with Crippen LogP contribution in [0, 0.1) is 0 Å². The highest BCUT2D eigenvalue weighted by Crippen LogP contribution is 2.25. The zero-order valence-corrected chi connectivity index (χ0v) is 17.5. The number of nitrogens with zero attached hydrogens (tertiary/aromatic N) is 2. The molecular formula is C19H23N3O7S. The van der Waals surface area contributed by atoms with Gasteiger partial charge in [-0.2, -0.15) is 4.31 Å². The monoisotopic (exact) mass is 437 g/mol. The molecule has 1 saturated heterocycles. The Labute approximate surface area is 174 Å². The standard InChI is InChI=1S/C19H23N3O7S/c1-27-15-10-14(11-16(12-15)28-2)20-18(23)13-21-5-3-4-17(19(21)24)30(25,26)22-6-8-29-9-7-22/h3-5,10-12H,6-9,13H2,1-2H3,(H,20,23). The lowest BCUT2D eigenvalue weighted by atomic mass is 10.2. The second kappa shape index (κ2) is 9.28. The maximum atomic E-state index is 12.8. The third kappa shape index (κ3) is 4.81. The fourth-order valence-electron chi connectivity index (χ4n) is 3.00. The fraction of sp³-hybridized carbons (Fsp3) is 0.368. The molecule has 11 heteroatoms. The summed E-state index contributed by atoms with van der Waals surface area (Å²) in [6.07, 6.45) is 1.37. The van der Waals surface area contributed by atoms with Crippen molar-refractivity contribution in [1.29, 1.82) is 0 Å². The number of aromatic nitrogens is 1. The van der Waals surface area contributed by atoms with Gasteiger partial charge in [0.15, 0.2) is 0 Å². The number of ether oxygens (including phenoxy) is 3. The summed E-state index contributed by atoms with van der Waals surface area (Å²) < 4.78 is 43.4. The van der Waals surface area contributed by atoms with Crippen molar-refractivity contribution < 1.29 is 27.4 Å². The molecule has 2 aromatic rings. The van der Waals surface area contributed by atoms with E-state index in [0.717, 1.165) is 4.57 Å². The molecule has 0 spiro atoms. The van der Waals surface area contributed by atoms with Gasteiger partial charge in [-0.05, 0) is 12.1 Å². The van der Waals surface area contributed by atoms with Crippen molar-refractivity contribution in [2.24, 2.45) is 0 Å². The highest BCUT2D eigenvalue weighted by atomic mass is 32.2. The molecule has 0 atom stereocenters. The summed E-state index contributed by atoms with van der Waals surface area (Å²) in [4.78, 5) is 24.8. The minimum Gasteiger partial charge on any atom is -0.497 e. The van der Waals surface area contributed by atoms with Gasteiger partial charge in [-0.3, -0.25) is 9.59 Å². The number of hydrogen-bond acceptors (Lipinski definition) is 7. The number of hydrogen-bond donors (Lipinski definition) is 1. The molecule has 30 heavy (non-hydrogen) atoms. The van der Waals surface area contributed by atoms with Crippen LogP contribution in [0.15, 0.2) is 46.2 Å². The molecule has 0 saturated carbocycles. The zero-order chi connectivity index (χ0) is 21.7. The van der Waals surface area contributed by atoms with Gasteiger partial charge in [-0.1, -0.05) is 0 Å². The number of nitrogens with one attached hydrogen (secondary N) is 1. The predicted octanol–water partition coefficient (Wildman–Crippen LogP) is 0.525. The minimum absolute atomic E-state index is 0.175. The zero-order valence-electron chi connectivity index (χ0n) is 16.7. The molecule has 0 unspecified atom stereocenters. The number of sulfonamides is 1. The molecule has 1 aromatic heterocycles. The van der Waals surface area contributed by atoms with Crippen molar-refractivity contribution in [2.45, 2.75) is 11.4 Å². The number of morpholine rings is 1. The van der Waals surface area contributed by atoms with Gasteiger partial charge in [-0.15, -0.1) is 0 Å². The number of pyridine rings is 1. The SMILES string of the molecule is COc1cc(NC(=O)Cn2cccc(S(=O)(=O)N3CCOCC3)c2=O)cc(OC)c1. The summed E-state index contributed by atoms with van der Waals surface area (Å²) in [5, 5.41) is 2.65. The molecule has 162 valence electrons. The topological polar surface area (TPSA) is 116 Å². The van der Waals surface area contributed by atoms with E-state index in [4.69, 9.17) is 14.2 Å². The van der Waals surface area contributed by atoms with E-state index in [0.29, 0.717) is 17.2 Å². The molecule has 0 radical (unpaired) electrons. The summed E-state index contributed by atoms with van der Waals surface area (Å²) in [6.45, 7) is 0.536. The molecule has 1 aromatic carbocycles. The largest absolute Gasteiger partial charge is 0.497 e. The third-order valence-electron chi connectivity index (χ3n) is 4.52. The van der Waals surface area contributed by atoms with E-state index in [-0.39, 0.29) is 37.7 Å². The molecule has 1 amide bonds. The van der Waals surface area contributed by atoms with Crippen LogP contribution in [0.1, 0.15) is 0 Å². The normalized spacial score (nSPS) is 14.9. The van der Waals surface area contributed by atoms with E-state index < -0.39 is 21.5 Å². The van der Waals surface area contributed by atoms with Gasteiger partial charge in [0.25, 0.3) is 5.56 Å². The van der Waals surface area contributed by atoms with Crippen molar-refractivity contribution in [3.8, 4) is 11.5 Å². The number of rotatable bonds is 7. The van der Waals surface area contributed by atoms with Crippen LogP contribution in [0.3, 0.4) is 0 Å². The first-order chi connectivity index (χ1) is 14.3. The summed E-state index contributed by atoms with van der Waals surface area (Å²) in [5.41, 5.74) is -0.344. The van der Waals surface area contributed by atoms with Crippen LogP contribution in [0.4, 0.5) is 5.69 Å². The summed E-state index contributed by atoms with van der Waals surface area (Å²) >= 11 is 0. The molecule has 0 aliphatic carbocycles. The van der Waals surface area contributed by atoms with Gasteiger partial charge in [0.2, 0.25) is 15.9 Å². The molecule has 10 nitrogen and oxygen atoms in total. The first kappa shape index (κ1) is 21.8. The maximum Gasteiger partial charge on any atom is 0.271 e. The highest BCUT2D eigenvalue weighted by Gasteiger charge is 2.29. The quantitative estimate of drug-likeness (QED) is 0.671. The van der Waals surface area contributed by atoms with Crippen LogP contribution in [0.2, 0.25) is 0 Å². The van der Waals surface area contributed by atoms with Gasteiger partial charge in [0, 0.05) is 43.2 Å². The van der Waals surface area contributed by atoms with Crippen LogP contribution < -0.4 is 20.3 Å². The Morgan fingerprint density at radius 2 is 1.77 bits per heavy atom. The van der Waals surface area contributed by atoms with Gasteiger partial charge >= 0.3 is 0 Å². The second-order valence-corrected chi connectivity index (χ2v) is 8.38. The number of methoxy groups -OCH3 is 2. The van der Waals surface area contributed by atoms with Crippen molar-refractivity contribution in [3.05, 3.63) is 46.9 Å². The van der Waals surface area contributed by atoms with E-state index in [2.05, 4.69) is 5.32 Å². The van der Waals surface area contributed by atoms with Crippen LogP contribution in [0.25, 0.3) is 0 Å². The van der Waals surface area contributed by atoms with Gasteiger partial charge in [0.1, 0.15) is 22.9 Å². The average molecular weight is 437 g/mol. The average Bonchev–Trinajstić information content (AvgIpc) is 2.75. The lowest BCUT2D eigenvalue weighted by molar-refractivity contribution is -0.116. The van der Waals surface area contributed by atoms with Crippen LogP contribution in [0.5, 0.6) is 11.5 Å². The summed E-state index contributed by atoms with van der Waals surface area (Å²) in [5.74, 6) is 0.467. The highest BCUT2D eigenvalue weighted by molar-refractivity contribution is 7.89.